The van der Waals surface area contributed by atoms with Crippen molar-refractivity contribution in [2.75, 3.05) is 5.32 Å². The van der Waals surface area contributed by atoms with E-state index in [2.05, 4.69) is 5.32 Å². The van der Waals surface area contributed by atoms with E-state index in [1.807, 2.05) is 13.0 Å². The van der Waals surface area contributed by atoms with Gasteiger partial charge in [-0.05, 0) is 55.9 Å². The molecule has 1 aromatic carbocycles. The summed E-state index contributed by atoms with van der Waals surface area (Å²) in [5.74, 6) is 0.0218. The smallest absolute Gasteiger partial charge is 0.263 e. The summed E-state index contributed by atoms with van der Waals surface area (Å²) in [6.45, 7) is 2.63. The Labute approximate surface area is 161 Å². The molecule has 0 saturated heterocycles. The number of carbonyl (C=O) groups is 1. The molecule has 4 rings (SSSR count). The van der Waals surface area contributed by atoms with Gasteiger partial charge in [-0.1, -0.05) is 13.0 Å². The number of hydrogen-bond acceptors (Lipinski definition) is 5. The minimum absolute atomic E-state index is 0.0230. The van der Waals surface area contributed by atoms with Crippen LogP contribution in [0.4, 0.5) is 11.6 Å². The zero-order valence-electron chi connectivity index (χ0n) is 15.2. The molecule has 2 heterocycles. The van der Waals surface area contributed by atoms with Crippen LogP contribution in [-0.4, -0.2) is 15.5 Å². The summed E-state index contributed by atoms with van der Waals surface area (Å²) in [6.07, 6.45) is 5.13. The van der Waals surface area contributed by atoms with Gasteiger partial charge >= 0.3 is 0 Å². The Morgan fingerprint density at radius 1 is 1.33 bits per heavy atom. The van der Waals surface area contributed by atoms with Gasteiger partial charge in [0.25, 0.3) is 5.56 Å². The molecule has 0 radical (unpaired) electrons. The fraction of sp³-hybridized carbons (Fsp3) is 0.350. The van der Waals surface area contributed by atoms with Crippen molar-refractivity contribution in [1.29, 1.82) is 0 Å². The summed E-state index contributed by atoms with van der Waals surface area (Å²) in [4.78, 5) is 31.6. The SMILES string of the molecule is CCCn1c(Nc2cccc(C(N)=O)c2)nc2sc3c(c2c1=O)CCCC3. The lowest BCUT2D eigenvalue weighted by Crippen LogP contribution is -2.24. The van der Waals surface area contributed by atoms with Crippen LogP contribution in [0.5, 0.6) is 0 Å². The van der Waals surface area contributed by atoms with E-state index in [1.165, 1.54) is 16.9 Å². The Balaban J connectivity index is 1.84. The number of nitrogens with zero attached hydrogens (tertiary/aromatic N) is 2. The molecule has 0 aliphatic heterocycles. The van der Waals surface area contributed by atoms with E-state index in [4.69, 9.17) is 10.7 Å². The topological polar surface area (TPSA) is 90.0 Å². The molecule has 2 aromatic heterocycles. The van der Waals surface area contributed by atoms with Crippen molar-refractivity contribution in [2.24, 2.45) is 5.73 Å². The molecule has 1 aliphatic carbocycles. The van der Waals surface area contributed by atoms with Crippen LogP contribution in [0, 0.1) is 0 Å². The molecule has 0 bridgehead atoms. The van der Waals surface area contributed by atoms with E-state index < -0.39 is 5.91 Å². The van der Waals surface area contributed by atoms with Gasteiger partial charge in [-0.2, -0.15) is 0 Å². The number of aromatic nitrogens is 2. The van der Waals surface area contributed by atoms with Gasteiger partial charge in [-0.15, -0.1) is 11.3 Å². The van der Waals surface area contributed by atoms with Gasteiger partial charge < -0.3 is 11.1 Å². The number of carbonyl (C=O) groups excluding carboxylic acids is 1. The van der Waals surface area contributed by atoms with Gasteiger partial charge in [0.1, 0.15) is 4.83 Å². The number of fused-ring (bicyclic) bond motifs is 3. The number of amides is 1. The molecule has 0 unspecified atom stereocenters. The minimum atomic E-state index is -0.487. The van der Waals surface area contributed by atoms with Crippen LogP contribution >= 0.6 is 11.3 Å². The third kappa shape index (κ3) is 3.23. The molecule has 1 amide bonds. The van der Waals surface area contributed by atoms with Gasteiger partial charge in [-0.3, -0.25) is 14.2 Å². The van der Waals surface area contributed by atoms with Crippen molar-refractivity contribution in [3.8, 4) is 0 Å². The fourth-order valence-corrected chi connectivity index (χ4v) is 4.90. The van der Waals surface area contributed by atoms with Crippen LogP contribution < -0.4 is 16.6 Å². The fourth-order valence-electron chi connectivity index (χ4n) is 3.64. The molecular formula is C20H22N4O2S. The van der Waals surface area contributed by atoms with E-state index in [1.54, 1.807) is 34.1 Å². The molecule has 0 fully saturated rings. The first-order valence-electron chi connectivity index (χ1n) is 9.30. The third-order valence-electron chi connectivity index (χ3n) is 4.93. The van der Waals surface area contributed by atoms with Gasteiger partial charge in [0.15, 0.2) is 0 Å². The Morgan fingerprint density at radius 3 is 2.93 bits per heavy atom. The number of nitrogens with two attached hydrogens (primary N) is 1. The van der Waals surface area contributed by atoms with Gasteiger partial charge in [0.05, 0.1) is 5.39 Å². The Kier molecular flexibility index (Phi) is 4.70. The molecule has 27 heavy (non-hydrogen) atoms. The summed E-state index contributed by atoms with van der Waals surface area (Å²) < 4.78 is 1.71. The lowest BCUT2D eigenvalue weighted by atomic mass is 9.97. The largest absolute Gasteiger partial charge is 0.366 e. The van der Waals surface area contributed by atoms with Gasteiger partial charge in [0.2, 0.25) is 11.9 Å². The normalized spacial score (nSPS) is 13.5. The minimum Gasteiger partial charge on any atom is -0.366 e. The maximum absolute atomic E-state index is 13.3. The zero-order chi connectivity index (χ0) is 19.0. The second-order valence-corrected chi connectivity index (χ2v) is 7.94. The van der Waals surface area contributed by atoms with Crippen molar-refractivity contribution in [1.82, 2.24) is 9.55 Å². The molecule has 140 valence electrons. The van der Waals surface area contributed by atoms with E-state index in [9.17, 15) is 9.59 Å². The molecule has 3 aromatic rings. The third-order valence-corrected chi connectivity index (χ3v) is 6.11. The molecule has 6 nitrogen and oxygen atoms in total. The molecule has 0 atom stereocenters. The van der Waals surface area contributed by atoms with Gasteiger partial charge in [0, 0.05) is 22.7 Å². The van der Waals surface area contributed by atoms with Crippen LogP contribution in [0.1, 0.15) is 47.0 Å². The summed E-state index contributed by atoms with van der Waals surface area (Å²) in [5.41, 5.74) is 7.69. The number of anilines is 2. The highest BCUT2D eigenvalue weighted by Gasteiger charge is 2.22. The first kappa shape index (κ1) is 17.7. The van der Waals surface area contributed by atoms with Crippen molar-refractivity contribution < 1.29 is 4.79 Å². The van der Waals surface area contributed by atoms with Crippen molar-refractivity contribution >= 4 is 39.1 Å². The summed E-state index contributed by atoms with van der Waals surface area (Å²) in [6, 6.07) is 6.93. The van der Waals surface area contributed by atoms with Crippen molar-refractivity contribution in [3.05, 3.63) is 50.6 Å². The average Bonchev–Trinajstić information content (AvgIpc) is 3.03. The van der Waals surface area contributed by atoms with Crippen LogP contribution in [0.25, 0.3) is 10.2 Å². The van der Waals surface area contributed by atoms with Crippen LogP contribution in [-0.2, 0) is 19.4 Å². The highest BCUT2D eigenvalue weighted by molar-refractivity contribution is 7.18. The average molecular weight is 382 g/mol. The predicted octanol–water partition coefficient (Wildman–Crippen LogP) is 3.59. The van der Waals surface area contributed by atoms with E-state index >= 15 is 0 Å². The number of thiophene rings is 1. The predicted molar refractivity (Wildman–Crippen MR) is 109 cm³/mol. The van der Waals surface area contributed by atoms with E-state index in [0.29, 0.717) is 23.7 Å². The first-order valence-corrected chi connectivity index (χ1v) is 10.1. The lowest BCUT2D eigenvalue weighted by molar-refractivity contribution is 0.100. The number of hydrogen-bond donors (Lipinski definition) is 2. The number of nitrogens with one attached hydrogen (secondary N) is 1. The molecular weight excluding hydrogens is 360 g/mol. The number of aryl methyl sites for hydroxylation is 2. The molecule has 1 aliphatic rings. The van der Waals surface area contributed by atoms with E-state index in [0.717, 1.165) is 35.9 Å². The Morgan fingerprint density at radius 2 is 2.15 bits per heavy atom. The summed E-state index contributed by atoms with van der Waals surface area (Å²) in [7, 11) is 0. The Bertz CT molecular complexity index is 1080. The Hall–Kier alpha value is -2.67. The van der Waals surface area contributed by atoms with Crippen molar-refractivity contribution in [3.63, 3.8) is 0 Å². The van der Waals surface area contributed by atoms with Crippen LogP contribution in [0.15, 0.2) is 29.1 Å². The molecule has 7 heteroatoms. The number of primary amides is 1. The van der Waals surface area contributed by atoms with Gasteiger partial charge in [-0.25, -0.2) is 4.98 Å². The maximum atomic E-state index is 13.3. The number of rotatable bonds is 5. The van der Waals surface area contributed by atoms with Crippen LogP contribution in [0.2, 0.25) is 0 Å². The second kappa shape index (κ2) is 7.15. The lowest BCUT2D eigenvalue weighted by Gasteiger charge is -2.14. The molecule has 0 saturated carbocycles. The van der Waals surface area contributed by atoms with Crippen LogP contribution in [0.3, 0.4) is 0 Å². The highest BCUT2D eigenvalue weighted by Crippen LogP contribution is 2.34. The summed E-state index contributed by atoms with van der Waals surface area (Å²) >= 11 is 1.63. The second-order valence-electron chi connectivity index (χ2n) is 6.85. The summed E-state index contributed by atoms with van der Waals surface area (Å²) in [5, 5.41) is 4.01. The van der Waals surface area contributed by atoms with Crippen molar-refractivity contribution in [2.45, 2.75) is 45.6 Å². The quantitative estimate of drug-likeness (QED) is 0.706. The first-order chi connectivity index (χ1) is 13.1. The standard InChI is InChI=1S/C20H22N4O2S/c1-2-10-24-19(26)16-14-8-3-4-9-15(14)27-18(16)23-20(24)22-13-7-5-6-12(11-13)17(21)25/h5-7,11H,2-4,8-10H2,1H3,(H2,21,25)(H,22,23). The molecule has 0 spiro atoms. The zero-order valence-corrected chi connectivity index (χ0v) is 16.1. The highest BCUT2D eigenvalue weighted by atomic mass is 32.1. The maximum Gasteiger partial charge on any atom is 0.263 e. The molecule has 3 N–H and O–H groups in total. The number of benzene rings is 1. The monoisotopic (exact) mass is 382 g/mol. The van der Waals surface area contributed by atoms with E-state index in [-0.39, 0.29) is 5.56 Å².